The fourth-order valence-corrected chi connectivity index (χ4v) is 1.75. The van der Waals surface area contributed by atoms with Crippen molar-refractivity contribution in [3.63, 3.8) is 0 Å². The van der Waals surface area contributed by atoms with E-state index in [0.717, 1.165) is 18.8 Å². The van der Waals surface area contributed by atoms with E-state index in [1.807, 2.05) is 20.0 Å². The van der Waals surface area contributed by atoms with Crippen LogP contribution in [-0.4, -0.2) is 21.3 Å². The largest absolute Gasteiger partial charge is 0.436 e. The minimum Gasteiger partial charge on any atom is -0.436 e. The van der Waals surface area contributed by atoms with Gasteiger partial charge in [-0.05, 0) is 19.5 Å². The van der Waals surface area contributed by atoms with Gasteiger partial charge < -0.3 is 10.1 Å². The Morgan fingerprint density at radius 3 is 2.89 bits per heavy atom. The number of aryl methyl sites for hydroxylation is 1. The van der Waals surface area contributed by atoms with Crippen LogP contribution in [0.5, 0.6) is 11.6 Å². The zero-order valence-corrected chi connectivity index (χ0v) is 11.8. The van der Waals surface area contributed by atoms with E-state index < -0.39 is 0 Å². The van der Waals surface area contributed by atoms with Gasteiger partial charge in [0.15, 0.2) is 5.75 Å². The SMILES string of the molecule is CCNCc1nc(Oc2cnn(CC)c2)ccc1Cl. The van der Waals surface area contributed by atoms with Gasteiger partial charge in [0.2, 0.25) is 5.88 Å². The molecule has 0 unspecified atom stereocenters. The van der Waals surface area contributed by atoms with Crippen LogP contribution in [0.2, 0.25) is 5.02 Å². The molecule has 0 aliphatic heterocycles. The lowest BCUT2D eigenvalue weighted by Gasteiger charge is -2.07. The molecular formula is C13H17ClN4O. The first-order chi connectivity index (χ1) is 9.22. The molecule has 2 aromatic rings. The average Bonchev–Trinajstić information content (AvgIpc) is 2.87. The minimum atomic E-state index is 0.521. The maximum atomic E-state index is 6.09. The van der Waals surface area contributed by atoms with Crippen LogP contribution in [0.1, 0.15) is 19.5 Å². The van der Waals surface area contributed by atoms with E-state index in [0.29, 0.717) is 23.2 Å². The zero-order valence-electron chi connectivity index (χ0n) is 11.1. The third-order valence-corrected chi connectivity index (χ3v) is 2.94. The monoisotopic (exact) mass is 280 g/mol. The number of pyridine rings is 1. The maximum Gasteiger partial charge on any atom is 0.219 e. The third-order valence-electron chi connectivity index (χ3n) is 2.59. The topological polar surface area (TPSA) is 52.0 Å². The van der Waals surface area contributed by atoms with Crippen LogP contribution in [0.25, 0.3) is 0 Å². The van der Waals surface area contributed by atoms with E-state index in [2.05, 4.69) is 15.4 Å². The summed E-state index contributed by atoms with van der Waals surface area (Å²) in [5, 5.41) is 7.97. The molecule has 0 aromatic carbocycles. The number of ether oxygens (including phenoxy) is 1. The number of rotatable bonds is 6. The molecule has 0 atom stereocenters. The van der Waals surface area contributed by atoms with Crippen molar-refractivity contribution in [3.8, 4) is 11.6 Å². The fraction of sp³-hybridized carbons (Fsp3) is 0.385. The predicted molar refractivity (Wildman–Crippen MR) is 74.6 cm³/mol. The Bertz CT molecular complexity index is 541. The number of hydrogen-bond donors (Lipinski definition) is 1. The van der Waals surface area contributed by atoms with E-state index in [9.17, 15) is 0 Å². The lowest BCUT2D eigenvalue weighted by atomic mass is 10.3. The highest BCUT2D eigenvalue weighted by atomic mass is 35.5. The summed E-state index contributed by atoms with van der Waals surface area (Å²) in [6, 6.07) is 3.54. The summed E-state index contributed by atoms with van der Waals surface area (Å²) in [5.41, 5.74) is 0.781. The Labute approximate surface area is 117 Å². The van der Waals surface area contributed by atoms with Gasteiger partial charge in [-0.1, -0.05) is 18.5 Å². The van der Waals surface area contributed by atoms with Gasteiger partial charge in [0.05, 0.1) is 23.1 Å². The molecule has 0 saturated heterocycles. The van der Waals surface area contributed by atoms with E-state index in [4.69, 9.17) is 16.3 Å². The van der Waals surface area contributed by atoms with Gasteiger partial charge in [0, 0.05) is 19.2 Å². The second kappa shape index (κ2) is 6.54. The molecule has 0 saturated carbocycles. The van der Waals surface area contributed by atoms with E-state index >= 15 is 0 Å². The molecule has 2 rings (SSSR count). The molecule has 102 valence electrons. The van der Waals surface area contributed by atoms with Crippen molar-refractivity contribution in [2.24, 2.45) is 0 Å². The van der Waals surface area contributed by atoms with E-state index in [-0.39, 0.29) is 0 Å². The first-order valence-corrected chi connectivity index (χ1v) is 6.67. The van der Waals surface area contributed by atoms with Gasteiger partial charge in [-0.25, -0.2) is 4.98 Å². The third kappa shape index (κ3) is 3.68. The molecule has 6 heteroatoms. The summed E-state index contributed by atoms with van der Waals surface area (Å²) in [6.07, 6.45) is 3.50. The Balaban J connectivity index is 2.11. The van der Waals surface area contributed by atoms with Gasteiger partial charge >= 0.3 is 0 Å². The molecule has 0 aliphatic carbocycles. The molecule has 2 aromatic heterocycles. The normalized spacial score (nSPS) is 10.7. The van der Waals surface area contributed by atoms with Gasteiger partial charge in [-0.3, -0.25) is 4.68 Å². The summed E-state index contributed by atoms with van der Waals surface area (Å²) in [6.45, 7) is 6.36. The van der Waals surface area contributed by atoms with Crippen molar-refractivity contribution in [1.29, 1.82) is 0 Å². The molecule has 2 heterocycles. The van der Waals surface area contributed by atoms with Crippen LogP contribution in [0, 0.1) is 0 Å². The summed E-state index contributed by atoms with van der Waals surface area (Å²) >= 11 is 6.09. The number of nitrogens with zero attached hydrogens (tertiary/aromatic N) is 3. The number of nitrogens with one attached hydrogen (secondary N) is 1. The van der Waals surface area contributed by atoms with Crippen molar-refractivity contribution in [3.05, 3.63) is 35.2 Å². The Morgan fingerprint density at radius 2 is 2.21 bits per heavy atom. The molecule has 5 nitrogen and oxygen atoms in total. The van der Waals surface area contributed by atoms with Gasteiger partial charge in [-0.2, -0.15) is 5.10 Å². The van der Waals surface area contributed by atoms with Crippen LogP contribution in [0.3, 0.4) is 0 Å². The maximum absolute atomic E-state index is 6.09. The molecule has 0 spiro atoms. The zero-order chi connectivity index (χ0) is 13.7. The Kier molecular flexibility index (Phi) is 4.76. The average molecular weight is 281 g/mol. The number of aromatic nitrogens is 3. The predicted octanol–water partition coefficient (Wildman–Crippen LogP) is 2.85. The highest BCUT2D eigenvalue weighted by Crippen LogP contribution is 2.22. The van der Waals surface area contributed by atoms with Gasteiger partial charge in [0.1, 0.15) is 0 Å². The molecular weight excluding hydrogens is 264 g/mol. The first kappa shape index (κ1) is 13.8. The Morgan fingerprint density at radius 1 is 1.37 bits per heavy atom. The molecule has 1 N–H and O–H groups in total. The van der Waals surface area contributed by atoms with Gasteiger partial charge in [-0.15, -0.1) is 0 Å². The van der Waals surface area contributed by atoms with Crippen molar-refractivity contribution in [2.75, 3.05) is 6.54 Å². The highest BCUT2D eigenvalue weighted by Gasteiger charge is 2.06. The molecule has 0 fully saturated rings. The minimum absolute atomic E-state index is 0.521. The van der Waals surface area contributed by atoms with Crippen LogP contribution < -0.4 is 10.1 Å². The lowest BCUT2D eigenvalue weighted by molar-refractivity contribution is 0.458. The summed E-state index contributed by atoms with van der Waals surface area (Å²) < 4.78 is 7.45. The molecule has 0 aliphatic rings. The van der Waals surface area contributed by atoms with E-state index in [1.165, 1.54) is 0 Å². The van der Waals surface area contributed by atoms with Gasteiger partial charge in [0.25, 0.3) is 0 Å². The van der Waals surface area contributed by atoms with Crippen molar-refractivity contribution in [1.82, 2.24) is 20.1 Å². The van der Waals surface area contributed by atoms with E-state index in [1.54, 1.807) is 23.0 Å². The summed E-state index contributed by atoms with van der Waals surface area (Å²) in [7, 11) is 0. The number of hydrogen-bond acceptors (Lipinski definition) is 4. The first-order valence-electron chi connectivity index (χ1n) is 6.29. The summed E-state index contributed by atoms with van der Waals surface area (Å²) in [4.78, 5) is 4.39. The second-order valence-electron chi connectivity index (χ2n) is 3.99. The van der Waals surface area contributed by atoms with Crippen molar-refractivity contribution < 1.29 is 4.74 Å². The second-order valence-corrected chi connectivity index (χ2v) is 4.40. The smallest absolute Gasteiger partial charge is 0.219 e. The molecule has 19 heavy (non-hydrogen) atoms. The van der Waals surface area contributed by atoms with Crippen molar-refractivity contribution >= 4 is 11.6 Å². The fourth-order valence-electron chi connectivity index (χ4n) is 1.58. The van der Waals surface area contributed by atoms with Crippen LogP contribution in [0.4, 0.5) is 0 Å². The molecule has 0 bridgehead atoms. The number of halogens is 1. The van der Waals surface area contributed by atoms with Crippen LogP contribution in [-0.2, 0) is 13.1 Å². The molecule has 0 amide bonds. The summed E-state index contributed by atoms with van der Waals surface area (Å²) in [5.74, 6) is 1.19. The van der Waals surface area contributed by atoms with Crippen LogP contribution in [0.15, 0.2) is 24.5 Å². The van der Waals surface area contributed by atoms with Crippen molar-refractivity contribution in [2.45, 2.75) is 26.9 Å². The highest BCUT2D eigenvalue weighted by molar-refractivity contribution is 6.31. The Hall–Kier alpha value is -1.59. The lowest BCUT2D eigenvalue weighted by Crippen LogP contribution is -2.13. The quantitative estimate of drug-likeness (QED) is 0.884. The molecule has 0 radical (unpaired) electrons. The standard InChI is InChI=1S/C13H17ClN4O/c1-3-15-8-12-11(14)5-6-13(17-12)19-10-7-16-18(4-2)9-10/h5-7,9,15H,3-4,8H2,1-2H3. The van der Waals surface area contributed by atoms with Crippen LogP contribution >= 0.6 is 11.6 Å².